The Hall–Kier alpha value is -3.71. The van der Waals surface area contributed by atoms with E-state index in [1.54, 1.807) is 10.6 Å². The fourth-order valence-corrected chi connectivity index (χ4v) is 5.92. The number of imidazole rings is 1. The average molecular weight is 530 g/mol. The molecule has 200 valence electrons. The number of hydrogen-bond acceptors (Lipinski definition) is 10. The maximum atomic E-state index is 11.2. The number of hydrogen-bond donors (Lipinski definition) is 6. The highest BCUT2D eigenvalue weighted by Crippen LogP contribution is 2.43. The van der Waals surface area contributed by atoms with Crippen LogP contribution in [-0.2, 0) is 4.74 Å². The molecule has 0 amide bonds. The predicted octanol–water partition coefficient (Wildman–Crippen LogP) is 1.70. The summed E-state index contributed by atoms with van der Waals surface area (Å²) in [6.07, 6.45) is -2.97. The molecule has 3 aromatic carbocycles. The van der Waals surface area contributed by atoms with Crippen LogP contribution in [0.25, 0.3) is 32.7 Å². The van der Waals surface area contributed by atoms with Crippen LogP contribution in [0.5, 0.6) is 0 Å². The highest BCUT2D eigenvalue weighted by Gasteiger charge is 2.42. The Bertz CT molecular complexity index is 1710. The summed E-state index contributed by atoms with van der Waals surface area (Å²) in [5.41, 5.74) is 2.04. The van der Waals surface area contributed by atoms with Crippen molar-refractivity contribution in [1.29, 1.82) is 0 Å². The molecule has 0 spiro atoms. The van der Waals surface area contributed by atoms with Gasteiger partial charge >= 0.3 is 0 Å². The zero-order valence-corrected chi connectivity index (χ0v) is 20.7. The standard InChI is InChI=1S/C28H27N5O6/c34-10-19-18(35)9-20(39-19)33-12-31-23-27(29-11-30-28(23)33)32-22-21-16(24(36)26(38)25(22)37)6-5-15-7-13-3-1-2-4-14(13)8-17(15)21/h1-8,11-12,18-20,22,24-26,34-38H,9-10H2,(H,29,30,32)/t18-,19+,20+,22-,24+,25+,26-/m0/s1. The first-order chi connectivity index (χ1) is 18.9. The molecule has 7 atom stereocenters. The van der Waals surface area contributed by atoms with E-state index in [0.717, 1.165) is 21.5 Å². The van der Waals surface area contributed by atoms with Crippen molar-refractivity contribution < 1.29 is 30.3 Å². The molecule has 1 aliphatic heterocycles. The average Bonchev–Trinajstić information content (AvgIpc) is 3.56. The van der Waals surface area contributed by atoms with Crippen LogP contribution in [0.15, 0.2) is 61.2 Å². The van der Waals surface area contributed by atoms with Gasteiger partial charge in [-0.3, -0.25) is 4.57 Å². The van der Waals surface area contributed by atoms with Gasteiger partial charge in [0.05, 0.1) is 25.1 Å². The van der Waals surface area contributed by atoms with Crippen molar-refractivity contribution in [2.45, 2.75) is 49.2 Å². The molecule has 5 aromatic rings. The van der Waals surface area contributed by atoms with Gasteiger partial charge in [0, 0.05) is 6.42 Å². The summed E-state index contributed by atoms with van der Waals surface area (Å²) in [5, 5.41) is 59.6. The van der Waals surface area contributed by atoms with Gasteiger partial charge in [0.25, 0.3) is 0 Å². The van der Waals surface area contributed by atoms with Crippen molar-refractivity contribution in [2.24, 2.45) is 0 Å². The van der Waals surface area contributed by atoms with Crippen molar-refractivity contribution in [3.05, 3.63) is 72.3 Å². The van der Waals surface area contributed by atoms with Crippen LogP contribution in [0.1, 0.15) is 35.9 Å². The van der Waals surface area contributed by atoms with Gasteiger partial charge in [0.15, 0.2) is 17.0 Å². The highest BCUT2D eigenvalue weighted by atomic mass is 16.5. The van der Waals surface area contributed by atoms with Crippen molar-refractivity contribution in [2.75, 3.05) is 11.9 Å². The number of fused-ring (bicyclic) bond motifs is 5. The Labute approximate surface area is 222 Å². The molecule has 2 aromatic heterocycles. The molecule has 1 fully saturated rings. The van der Waals surface area contributed by atoms with E-state index >= 15 is 0 Å². The first-order valence-corrected chi connectivity index (χ1v) is 12.8. The summed E-state index contributed by atoms with van der Waals surface area (Å²) in [5.74, 6) is 0.326. The maximum absolute atomic E-state index is 11.2. The van der Waals surface area contributed by atoms with Crippen molar-refractivity contribution in [3.63, 3.8) is 0 Å². The number of aromatic nitrogens is 4. The van der Waals surface area contributed by atoms with Crippen molar-refractivity contribution in [1.82, 2.24) is 19.5 Å². The van der Waals surface area contributed by atoms with Gasteiger partial charge in [-0.25, -0.2) is 15.0 Å². The van der Waals surface area contributed by atoms with Gasteiger partial charge in [-0.1, -0.05) is 36.4 Å². The third kappa shape index (κ3) is 3.78. The van der Waals surface area contributed by atoms with Gasteiger partial charge in [0.1, 0.15) is 37.0 Å². The van der Waals surface area contributed by atoms with Crippen LogP contribution in [0.4, 0.5) is 5.82 Å². The van der Waals surface area contributed by atoms with Gasteiger partial charge in [-0.15, -0.1) is 0 Å². The number of nitrogens with zero attached hydrogens (tertiary/aromatic N) is 4. The molecule has 7 rings (SSSR count). The molecule has 2 aliphatic rings. The maximum Gasteiger partial charge on any atom is 0.167 e. The van der Waals surface area contributed by atoms with E-state index in [0.29, 0.717) is 28.1 Å². The molecule has 3 heterocycles. The number of aliphatic hydroxyl groups excluding tert-OH is 5. The van der Waals surface area contributed by atoms with Crippen LogP contribution in [0, 0.1) is 0 Å². The second-order valence-corrected chi connectivity index (χ2v) is 10.2. The third-order valence-electron chi connectivity index (χ3n) is 7.95. The Morgan fingerprint density at radius 3 is 2.49 bits per heavy atom. The number of rotatable bonds is 4. The summed E-state index contributed by atoms with van der Waals surface area (Å²) in [7, 11) is 0. The van der Waals surface area contributed by atoms with E-state index < -0.39 is 42.8 Å². The lowest BCUT2D eigenvalue weighted by molar-refractivity contribution is -0.0766. The van der Waals surface area contributed by atoms with Crippen LogP contribution in [0.2, 0.25) is 0 Å². The van der Waals surface area contributed by atoms with Crippen molar-refractivity contribution in [3.8, 4) is 0 Å². The molecule has 11 nitrogen and oxygen atoms in total. The Balaban J connectivity index is 1.34. The third-order valence-corrected chi connectivity index (χ3v) is 7.95. The van der Waals surface area contributed by atoms with Crippen LogP contribution in [0.3, 0.4) is 0 Å². The van der Waals surface area contributed by atoms with E-state index in [9.17, 15) is 25.5 Å². The summed E-state index contributed by atoms with van der Waals surface area (Å²) in [6.45, 7) is -0.303. The van der Waals surface area contributed by atoms with Crippen LogP contribution in [-0.4, -0.2) is 76.1 Å². The van der Waals surface area contributed by atoms with E-state index in [4.69, 9.17) is 4.74 Å². The Kier molecular flexibility index (Phi) is 5.74. The molecule has 11 heteroatoms. The van der Waals surface area contributed by atoms with E-state index in [2.05, 4.69) is 26.3 Å². The minimum atomic E-state index is -1.42. The lowest BCUT2D eigenvalue weighted by Gasteiger charge is -2.38. The topological polar surface area (TPSA) is 166 Å². The van der Waals surface area contributed by atoms with E-state index in [1.807, 2.05) is 36.4 Å². The van der Waals surface area contributed by atoms with E-state index in [-0.39, 0.29) is 13.0 Å². The number of nitrogens with one attached hydrogen (secondary N) is 1. The highest BCUT2D eigenvalue weighted by molar-refractivity contribution is 6.00. The quantitative estimate of drug-likeness (QED) is 0.189. The predicted molar refractivity (Wildman–Crippen MR) is 142 cm³/mol. The first-order valence-electron chi connectivity index (χ1n) is 12.8. The molecule has 1 aliphatic carbocycles. The van der Waals surface area contributed by atoms with Gasteiger partial charge in [-0.2, -0.15) is 0 Å². The fourth-order valence-electron chi connectivity index (χ4n) is 5.92. The van der Waals surface area contributed by atoms with Crippen molar-refractivity contribution >= 4 is 38.5 Å². The molecule has 0 bridgehead atoms. The number of benzene rings is 3. The number of ether oxygens (including phenoxy) is 1. The molecule has 1 saturated heterocycles. The van der Waals surface area contributed by atoms with Crippen LogP contribution >= 0.6 is 0 Å². The summed E-state index contributed by atoms with van der Waals surface area (Å²) >= 11 is 0. The molecule has 0 saturated carbocycles. The summed E-state index contributed by atoms with van der Waals surface area (Å²) < 4.78 is 7.45. The lowest BCUT2D eigenvalue weighted by atomic mass is 9.79. The minimum Gasteiger partial charge on any atom is -0.394 e. The molecule has 0 unspecified atom stereocenters. The monoisotopic (exact) mass is 529 g/mol. The molecule has 6 N–H and O–H groups in total. The molecular weight excluding hydrogens is 502 g/mol. The zero-order chi connectivity index (χ0) is 26.8. The smallest absolute Gasteiger partial charge is 0.167 e. The Morgan fingerprint density at radius 1 is 0.923 bits per heavy atom. The zero-order valence-electron chi connectivity index (χ0n) is 20.7. The van der Waals surface area contributed by atoms with Gasteiger partial charge in [0.2, 0.25) is 0 Å². The first kappa shape index (κ1) is 24.3. The molecular formula is C28H27N5O6. The fraction of sp³-hybridized carbons (Fsp3) is 0.321. The SMILES string of the molecule is OC[C@H]1O[C@@H](n2cnc3c(N[C@H]4c5c(ccc6cc7ccccc7cc56)[C@@H](O)[C@H](O)[C@@H]4O)ncnc32)C[C@@H]1O. The lowest BCUT2D eigenvalue weighted by Crippen LogP contribution is -2.44. The summed E-state index contributed by atoms with van der Waals surface area (Å²) in [6, 6.07) is 14.9. The largest absolute Gasteiger partial charge is 0.394 e. The molecule has 0 radical (unpaired) electrons. The molecule has 39 heavy (non-hydrogen) atoms. The number of aliphatic hydroxyl groups is 5. The number of anilines is 1. The second kappa shape index (κ2) is 9.19. The van der Waals surface area contributed by atoms with Gasteiger partial charge < -0.3 is 35.6 Å². The second-order valence-electron chi connectivity index (χ2n) is 10.2. The van der Waals surface area contributed by atoms with E-state index in [1.165, 1.54) is 12.7 Å². The minimum absolute atomic E-state index is 0.266. The normalized spacial score (nSPS) is 28.8. The van der Waals surface area contributed by atoms with Crippen LogP contribution < -0.4 is 5.32 Å². The summed E-state index contributed by atoms with van der Waals surface area (Å²) in [4.78, 5) is 13.2. The van der Waals surface area contributed by atoms with Gasteiger partial charge in [-0.05, 0) is 44.8 Å². The Morgan fingerprint density at radius 2 is 1.72 bits per heavy atom.